The molecule has 0 atom stereocenters. The van der Waals surface area contributed by atoms with Gasteiger partial charge in [-0.15, -0.1) is 0 Å². The number of aromatic nitrogens is 2. The van der Waals surface area contributed by atoms with Gasteiger partial charge < -0.3 is 5.32 Å². The first-order valence-corrected chi connectivity index (χ1v) is 9.01. The second kappa shape index (κ2) is 7.04. The maximum absolute atomic E-state index is 12.8. The topological polar surface area (TPSA) is 87.8 Å². The molecule has 2 aromatic carbocycles. The van der Waals surface area contributed by atoms with Crippen LogP contribution in [0, 0.1) is 11.3 Å². The number of benzene rings is 2. The van der Waals surface area contributed by atoms with Gasteiger partial charge in [-0.1, -0.05) is 12.5 Å². The molecule has 134 valence electrons. The van der Waals surface area contributed by atoms with Crippen LogP contribution in [-0.4, -0.2) is 15.5 Å². The van der Waals surface area contributed by atoms with E-state index >= 15 is 0 Å². The lowest BCUT2D eigenvalue weighted by Gasteiger charge is -2.11. The van der Waals surface area contributed by atoms with E-state index in [9.17, 15) is 9.59 Å². The molecule has 1 amide bonds. The highest BCUT2D eigenvalue weighted by Crippen LogP contribution is 2.18. The Morgan fingerprint density at radius 3 is 2.89 bits per heavy atom. The minimum absolute atomic E-state index is 0.0365. The Morgan fingerprint density at radius 1 is 1.15 bits per heavy atom. The Bertz CT molecular complexity index is 1140. The van der Waals surface area contributed by atoms with Crippen LogP contribution in [0.5, 0.6) is 0 Å². The highest BCUT2D eigenvalue weighted by Gasteiger charge is 2.15. The molecular weight excluding hydrogens is 340 g/mol. The molecule has 0 fully saturated rings. The molecule has 2 heterocycles. The van der Waals surface area contributed by atoms with Crippen LogP contribution in [0.4, 0.5) is 5.69 Å². The van der Waals surface area contributed by atoms with E-state index < -0.39 is 0 Å². The zero-order chi connectivity index (χ0) is 18.8. The number of fused-ring (bicyclic) bond motifs is 2. The molecule has 1 aromatic heterocycles. The van der Waals surface area contributed by atoms with E-state index in [4.69, 9.17) is 5.26 Å². The number of anilines is 1. The van der Waals surface area contributed by atoms with Gasteiger partial charge in [0, 0.05) is 24.2 Å². The summed E-state index contributed by atoms with van der Waals surface area (Å²) in [5.41, 5.74) is 1.96. The quantitative estimate of drug-likeness (QED) is 0.762. The fourth-order valence-electron chi connectivity index (χ4n) is 3.43. The number of nitriles is 1. The first kappa shape index (κ1) is 17.0. The molecule has 0 saturated heterocycles. The minimum atomic E-state index is -0.302. The number of hydrogen-bond donors (Lipinski definition) is 1. The predicted octanol–water partition coefficient (Wildman–Crippen LogP) is 3.25. The third-order valence-corrected chi connectivity index (χ3v) is 4.83. The van der Waals surface area contributed by atoms with E-state index in [1.807, 2.05) is 6.07 Å². The first-order valence-electron chi connectivity index (χ1n) is 9.01. The third-order valence-electron chi connectivity index (χ3n) is 4.83. The van der Waals surface area contributed by atoms with Gasteiger partial charge in [-0.2, -0.15) is 5.26 Å². The highest BCUT2D eigenvalue weighted by atomic mass is 16.1. The summed E-state index contributed by atoms with van der Waals surface area (Å²) in [7, 11) is 0. The van der Waals surface area contributed by atoms with Gasteiger partial charge >= 0.3 is 0 Å². The van der Waals surface area contributed by atoms with Gasteiger partial charge in [0.1, 0.15) is 5.82 Å². The fourth-order valence-corrected chi connectivity index (χ4v) is 3.43. The molecule has 1 N–H and O–H groups in total. The Balaban J connectivity index is 1.69. The highest BCUT2D eigenvalue weighted by molar-refractivity contribution is 6.06. The van der Waals surface area contributed by atoms with Crippen LogP contribution < -0.4 is 10.9 Å². The van der Waals surface area contributed by atoms with Crippen molar-refractivity contribution in [2.75, 3.05) is 5.32 Å². The largest absolute Gasteiger partial charge is 0.322 e. The van der Waals surface area contributed by atoms with Crippen LogP contribution in [0.3, 0.4) is 0 Å². The zero-order valence-electron chi connectivity index (χ0n) is 14.7. The van der Waals surface area contributed by atoms with Crippen molar-refractivity contribution < 1.29 is 4.79 Å². The van der Waals surface area contributed by atoms with Crippen molar-refractivity contribution in [1.82, 2.24) is 9.55 Å². The molecule has 0 radical (unpaired) electrons. The van der Waals surface area contributed by atoms with Gasteiger partial charge in [0.05, 0.1) is 22.5 Å². The molecule has 27 heavy (non-hydrogen) atoms. The summed E-state index contributed by atoms with van der Waals surface area (Å²) in [6, 6.07) is 13.7. The van der Waals surface area contributed by atoms with E-state index in [1.54, 1.807) is 47.0 Å². The average Bonchev–Trinajstić information content (AvgIpc) is 2.93. The summed E-state index contributed by atoms with van der Waals surface area (Å²) in [5, 5.41) is 12.3. The molecule has 6 nitrogen and oxygen atoms in total. The Morgan fingerprint density at radius 2 is 2.04 bits per heavy atom. The maximum atomic E-state index is 12.8. The van der Waals surface area contributed by atoms with Crippen LogP contribution in [0.2, 0.25) is 0 Å². The number of aryl methyl sites for hydroxylation is 1. The molecule has 0 unspecified atom stereocenters. The number of nitrogens with one attached hydrogen (secondary N) is 1. The van der Waals surface area contributed by atoms with Crippen LogP contribution in [0.1, 0.15) is 41.0 Å². The minimum Gasteiger partial charge on any atom is -0.322 e. The Labute approximate surface area is 156 Å². The number of nitrogens with zero attached hydrogens (tertiary/aromatic N) is 3. The van der Waals surface area contributed by atoms with Crippen molar-refractivity contribution in [1.29, 1.82) is 5.26 Å². The zero-order valence-corrected chi connectivity index (χ0v) is 14.7. The van der Waals surface area contributed by atoms with E-state index in [2.05, 4.69) is 10.3 Å². The summed E-state index contributed by atoms with van der Waals surface area (Å²) < 4.78 is 1.77. The molecule has 1 aliphatic heterocycles. The van der Waals surface area contributed by atoms with Gasteiger partial charge in [-0.25, -0.2) is 4.98 Å². The van der Waals surface area contributed by atoms with Gasteiger partial charge in [0.15, 0.2) is 0 Å². The standard InChI is InChI=1S/C21H18N4O2/c22-13-14-5-4-6-16(11-14)23-20(26)15-8-9-17-18(12-15)24-19-7-2-1-3-10-25(19)21(17)27/h4-6,8-9,11-12H,1-3,7,10H2,(H,23,26). The lowest BCUT2D eigenvalue weighted by molar-refractivity contribution is 0.102. The first-order chi connectivity index (χ1) is 13.2. The number of hydrogen-bond acceptors (Lipinski definition) is 4. The normalized spacial score (nSPS) is 13.4. The summed E-state index contributed by atoms with van der Waals surface area (Å²) in [5.74, 6) is 0.494. The molecule has 6 heteroatoms. The molecule has 0 aliphatic carbocycles. The van der Waals surface area contributed by atoms with E-state index in [0.29, 0.717) is 34.3 Å². The van der Waals surface area contributed by atoms with E-state index in [-0.39, 0.29) is 11.5 Å². The summed E-state index contributed by atoms with van der Waals surface area (Å²) >= 11 is 0. The van der Waals surface area contributed by atoms with Crippen molar-refractivity contribution >= 4 is 22.5 Å². The second-order valence-corrected chi connectivity index (χ2v) is 6.67. The average molecular weight is 358 g/mol. The van der Waals surface area contributed by atoms with Crippen LogP contribution in [0.25, 0.3) is 10.9 Å². The predicted molar refractivity (Wildman–Crippen MR) is 103 cm³/mol. The van der Waals surface area contributed by atoms with E-state index in [0.717, 1.165) is 31.5 Å². The Hall–Kier alpha value is -3.46. The smallest absolute Gasteiger partial charge is 0.261 e. The fraction of sp³-hybridized carbons (Fsp3) is 0.238. The van der Waals surface area contributed by atoms with E-state index in [1.165, 1.54) is 0 Å². The van der Waals surface area contributed by atoms with Crippen LogP contribution >= 0.6 is 0 Å². The van der Waals surface area contributed by atoms with Crippen LogP contribution in [0.15, 0.2) is 47.3 Å². The monoisotopic (exact) mass is 358 g/mol. The summed E-state index contributed by atoms with van der Waals surface area (Å²) in [6.45, 7) is 0.703. The lowest BCUT2D eigenvalue weighted by atomic mass is 10.1. The van der Waals surface area contributed by atoms with Crippen molar-refractivity contribution in [3.05, 3.63) is 69.8 Å². The Kier molecular flexibility index (Phi) is 4.43. The lowest BCUT2D eigenvalue weighted by Crippen LogP contribution is -2.24. The molecule has 0 bridgehead atoms. The molecule has 0 saturated carbocycles. The number of amides is 1. The summed E-state index contributed by atoms with van der Waals surface area (Å²) in [4.78, 5) is 30.0. The molecule has 4 rings (SSSR count). The van der Waals surface area contributed by atoms with Gasteiger partial charge in [0.2, 0.25) is 0 Å². The van der Waals surface area contributed by atoms with Crippen molar-refractivity contribution in [2.45, 2.75) is 32.2 Å². The number of rotatable bonds is 2. The second-order valence-electron chi connectivity index (χ2n) is 6.67. The van der Waals surface area contributed by atoms with Gasteiger partial charge in [0.25, 0.3) is 11.5 Å². The molecular formula is C21H18N4O2. The maximum Gasteiger partial charge on any atom is 0.261 e. The molecule has 1 aliphatic rings. The van der Waals surface area contributed by atoms with Crippen molar-refractivity contribution in [3.8, 4) is 6.07 Å². The van der Waals surface area contributed by atoms with Crippen molar-refractivity contribution in [3.63, 3.8) is 0 Å². The SMILES string of the molecule is N#Cc1cccc(NC(=O)c2ccc3c(=O)n4c(nc3c2)CCCCC4)c1. The molecule has 0 spiro atoms. The van der Waals surface area contributed by atoms with Gasteiger partial charge in [-0.3, -0.25) is 14.2 Å². The van der Waals surface area contributed by atoms with Crippen molar-refractivity contribution in [2.24, 2.45) is 0 Å². The number of carbonyl (C=O) groups is 1. The number of carbonyl (C=O) groups excluding carboxylic acids is 1. The van der Waals surface area contributed by atoms with Gasteiger partial charge in [-0.05, 0) is 49.2 Å². The summed E-state index contributed by atoms with van der Waals surface area (Å²) in [6.07, 6.45) is 3.88. The molecule has 3 aromatic rings. The van der Waals surface area contributed by atoms with Crippen LogP contribution in [-0.2, 0) is 13.0 Å². The third kappa shape index (κ3) is 3.32.